The van der Waals surface area contributed by atoms with Gasteiger partial charge in [-0.15, -0.1) is 0 Å². The number of ketones is 2. The first-order valence-corrected chi connectivity index (χ1v) is 22.1. The van der Waals surface area contributed by atoms with Gasteiger partial charge in [0, 0.05) is 61.8 Å². The van der Waals surface area contributed by atoms with Crippen LogP contribution in [0.3, 0.4) is 0 Å². The maximum atomic E-state index is 13.5. The van der Waals surface area contributed by atoms with Crippen LogP contribution in [0.25, 0.3) is 32.7 Å². The average molecular weight is 837 g/mol. The summed E-state index contributed by atoms with van der Waals surface area (Å²) in [6.07, 6.45) is 0. The number of benzene rings is 10. The van der Waals surface area contributed by atoms with Crippen LogP contribution in [0.1, 0.15) is 56.8 Å². The van der Waals surface area contributed by atoms with Crippen molar-refractivity contribution < 1.29 is 9.59 Å². The van der Waals surface area contributed by atoms with Crippen molar-refractivity contribution >= 4 is 67.2 Å². The normalized spacial score (nSPS) is 12.4. The molecule has 0 unspecified atom stereocenters. The highest BCUT2D eigenvalue weighted by Gasteiger charge is 2.37. The molecule has 4 nitrogen and oxygen atoms in total. The maximum absolute atomic E-state index is 13.5. The smallest absolute Gasteiger partial charge is 0.193 e. The fourth-order valence-electron chi connectivity index (χ4n) is 9.55. The highest BCUT2D eigenvalue weighted by Crippen LogP contribution is 2.52. The monoisotopic (exact) mass is 836 g/mol. The third-order valence-corrected chi connectivity index (χ3v) is 13.0. The number of fused-ring (bicyclic) bond motifs is 5. The van der Waals surface area contributed by atoms with Gasteiger partial charge in [-0.25, -0.2) is 0 Å². The van der Waals surface area contributed by atoms with Crippen molar-refractivity contribution in [1.82, 2.24) is 0 Å². The lowest BCUT2D eigenvalue weighted by Gasteiger charge is -2.29. The Hall–Kier alpha value is -8.34. The van der Waals surface area contributed by atoms with Gasteiger partial charge in [0.2, 0.25) is 0 Å². The molecule has 0 aromatic heterocycles. The Morgan fingerprint density at radius 3 is 1.02 bits per heavy atom. The first kappa shape index (κ1) is 39.5. The molecule has 65 heavy (non-hydrogen) atoms. The Labute approximate surface area is 379 Å². The summed E-state index contributed by atoms with van der Waals surface area (Å²) in [5, 5.41) is 4.66. The number of hydrogen-bond donors (Lipinski definition) is 0. The second-order valence-electron chi connectivity index (χ2n) is 17.3. The van der Waals surface area contributed by atoms with Crippen LogP contribution in [0.2, 0.25) is 0 Å². The summed E-state index contributed by atoms with van der Waals surface area (Å²) in [5.74, 6) is 0.000324. The standard InChI is InChI=1S/C61H44N2O2/c1-61(2)57-39-53(62(51-31-21-41-13-9-11-19-47(41)37-51)49-27-23-45(24-28-49)59(64)43-15-5-3-6-16-43)33-35-55(57)56-36-34-54(40-58(56)61)63(52-32-22-42-14-10-12-20-48(42)38-52)50-29-25-46(26-30-50)60(65)44-17-7-4-8-18-44/h3-40H,1-2H3. The van der Waals surface area contributed by atoms with Crippen molar-refractivity contribution in [3.8, 4) is 11.1 Å². The van der Waals surface area contributed by atoms with E-state index < -0.39 is 0 Å². The zero-order valence-corrected chi connectivity index (χ0v) is 36.2. The van der Waals surface area contributed by atoms with E-state index in [1.807, 2.05) is 84.9 Å². The van der Waals surface area contributed by atoms with Crippen LogP contribution >= 0.6 is 0 Å². The summed E-state index contributed by atoms with van der Waals surface area (Å²) in [6, 6.07) is 78.5. The molecule has 4 heteroatoms. The van der Waals surface area contributed by atoms with Gasteiger partial charge in [-0.1, -0.05) is 147 Å². The Bertz CT molecular complexity index is 3200. The Morgan fingerprint density at radius 1 is 0.308 bits per heavy atom. The molecule has 0 amide bonds. The lowest BCUT2D eigenvalue weighted by molar-refractivity contribution is 0.103. The van der Waals surface area contributed by atoms with Crippen LogP contribution in [0.15, 0.2) is 231 Å². The summed E-state index contributed by atoms with van der Waals surface area (Å²) in [5.41, 5.74) is 13.2. The molecule has 0 fully saturated rings. The molecular weight excluding hydrogens is 793 g/mol. The molecule has 0 saturated heterocycles. The maximum Gasteiger partial charge on any atom is 0.193 e. The van der Waals surface area contributed by atoms with Crippen LogP contribution in [-0.2, 0) is 5.41 Å². The van der Waals surface area contributed by atoms with Gasteiger partial charge in [0.15, 0.2) is 11.6 Å². The molecule has 0 heterocycles. The van der Waals surface area contributed by atoms with Crippen LogP contribution in [0.5, 0.6) is 0 Å². The van der Waals surface area contributed by atoms with Crippen LogP contribution < -0.4 is 9.80 Å². The van der Waals surface area contributed by atoms with E-state index in [9.17, 15) is 9.59 Å². The molecule has 1 aliphatic rings. The van der Waals surface area contributed by atoms with E-state index in [0.29, 0.717) is 22.3 Å². The molecule has 10 aromatic rings. The summed E-state index contributed by atoms with van der Waals surface area (Å²) in [7, 11) is 0. The minimum absolute atomic E-state index is 0.000162. The summed E-state index contributed by atoms with van der Waals surface area (Å²) < 4.78 is 0. The van der Waals surface area contributed by atoms with Crippen LogP contribution in [0, 0.1) is 0 Å². The minimum atomic E-state index is -0.348. The lowest BCUT2D eigenvalue weighted by atomic mass is 9.82. The summed E-state index contributed by atoms with van der Waals surface area (Å²) >= 11 is 0. The summed E-state index contributed by atoms with van der Waals surface area (Å²) in [4.78, 5) is 31.5. The fraction of sp³-hybridized carbons (Fsp3) is 0.0492. The van der Waals surface area contributed by atoms with Gasteiger partial charge in [-0.2, -0.15) is 0 Å². The third kappa shape index (κ3) is 7.16. The summed E-state index contributed by atoms with van der Waals surface area (Å²) in [6.45, 7) is 4.64. The number of carbonyl (C=O) groups is 2. The van der Waals surface area contributed by atoms with E-state index in [0.717, 1.165) is 44.9 Å². The van der Waals surface area contributed by atoms with Gasteiger partial charge in [0.1, 0.15) is 0 Å². The fourth-order valence-corrected chi connectivity index (χ4v) is 9.55. The topological polar surface area (TPSA) is 40.6 Å². The molecule has 1 aliphatic carbocycles. The molecule has 0 radical (unpaired) electrons. The molecule has 310 valence electrons. The zero-order chi connectivity index (χ0) is 44.1. The highest BCUT2D eigenvalue weighted by molar-refractivity contribution is 6.10. The predicted octanol–water partition coefficient (Wildman–Crippen LogP) is 15.7. The molecule has 10 aromatic carbocycles. The molecule has 0 spiro atoms. The third-order valence-electron chi connectivity index (χ3n) is 13.0. The van der Waals surface area contributed by atoms with Gasteiger partial charge in [0.05, 0.1) is 0 Å². The van der Waals surface area contributed by atoms with Crippen molar-refractivity contribution in [2.75, 3.05) is 9.80 Å². The van der Waals surface area contributed by atoms with E-state index in [1.54, 1.807) is 0 Å². The Morgan fingerprint density at radius 2 is 0.615 bits per heavy atom. The largest absolute Gasteiger partial charge is 0.310 e. The second-order valence-corrected chi connectivity index (χ2v) is 17.3. The molecular formula is C61H44N2O2. The van der Waals surface area contributed by atoms with Crippen molar-refractivity contribution in [2.45, 2.75) is 19.3 Å². The molecule has 0 N–H and O–H groups in total. The second kappa shape index (κ2) is 16.1. The van der Waals surface area contributed by atoms with Crippen molar-refractivity contribution in [3.63, 3.8) is 0 Å². The quantitative estimate of drug-likeness (QED) is 0.129. The number of carbonyl (C=O) groups excluding carboxylic acids is 2. The molecule has 11 rings (SSSR count). The molecule has 0 aliphatic heterocycles. The number of anilines is 6. The van der Waals surface area contributed by atoms with Crippen LogP contribution in [-0.4, -0.2) is 11.6 Å². The number of rotatable bonds is 10. The van der Waals surface area contributed by atoms with E-state index in [-0.39, 0.29) is 17.0 Å². The van der Waals surface area contributed by atoms with Crippen molar-refractivity contribution in [3.05, 3.63) is 264 Å². The highest BCUT2D eigenvalue weighted by atomic mass is 16.1. The number of nitrogens with zero attached hydrogens (tertiary/aromatic N) is 2. The van der Waals surface area contributed by atoms with Gasteiger partial charge < -0.3 is 9.80 Å². The van der Waals surface area contributed by atoms with Gasteiger partial charge >= 0.3 is 0 Å². The van der Waals surface area contributed by atoms with E-state index in [2.05, 4.69) is 169 Å². The van der Waals surface area contributed by atoms with Crippen molar-refractivity contribution in [1.29, 1.82) is 0 Å². The molecule has 0 saturated carbocycles. The Balaban J connectivity index is 0.989. The molecule has 0 bridgehead atoms. The minimum Gasteiger partial charge on any atom is -0.310 e. The van der Waals surface area contributed by atoms with Crippen LogP contribution in [0.4, 0.5) is 34.1 Å². The SMILES string of the molecule is CC1(C)c2cc(N(c3ccc(C(=O)c4ccccc4)cc3)c3ccc4ccccc4c3)ccc2-c2ccc(N(c3ccc(C(=O)c4ccccc4)cc3)c3ccc4ccccc4c3)cc21. The molecule has 0 atom stereocenters. The first-order valence-electron chi connectivity index (χ1n) is 22.1. The first-order chi connectivity index (χ1) is 31.8. The number of hydrogen-bond acceptors (Lipinski definition) is 4. The lowest BCUT2D eigenvalue weighted by Crippen LogP contribution is -2.18. The van der Waals surface area contributed by atoms with E-state index >= 15 is 0 Å². The van der Waals surface area contributed by atoms with Gasteiger partial charge in [0.25, 0.3) is 0 Å². The average Bonchev–Trinajstić information content (AvgIpc) is 3.59. The Kier molecular flexibility index (Phi) is 9.78. The van der Waals surface area contributed by atoms with Crippen molar-refractivity contribution in [2.24, 2.45) is 0 Å². The zero-order valence-electron chi connectivity index (χ0n) is 36.2. The predicted molar refractivity (Wildman–Crippen MR) is 268 cm³/mol. The van der Waals surface area contributed by atoms with Gasteiger partial charge in [-0.05, 0) is 141 Å². The van der Waals surface area contributed by atoms with E-state index in [1.165, 1.54) is 33.0 Å². The van der Waals surface area contributed by atoms with Gasteiger partial charge in [-0.3, -0.25) is 9.59 Å². The van der Waals surface area contributed by atoms with E-state index in [4.69, 9.17) is 0 Å².